The van der Waals surface area contributed by atoms with Gasteiger partial charge >= 0.3 is 12.0 Å². The second-order valence-electron chi connectivity index (χ2n) is 7.20. The number of carboxylic acid groups (broad SMARTS) is 1. The number of carboxylic acids is 1. The van der Waals surface area contributed by atoms with E-state index in [1.807, 2.05) is 0 Å². The van der Waals surface area contributed by atoms with Gasteiger partial charge < -0.3 is 15.3 Å². The maximum absolute atomic E-state index is 14.5. The maximum atomic E-state index is 14.5. The van der Waals surface area contributed by atoms with E-state index in [9.17, 15) is 19.1 Å². The van der Waals surface area contributed by atoms with Crippen LogP contribution in [0.5, 0.6) is 0 Å². The van der Waals surface area contributed by atoms with Crippen molar-refractivity contribution in [2.24, 2.45) is 5.92 Å². The second kappa shape index (κ2) is 8.89. The number of likely N-dealkylation sites (tertiary alicyclic amines) is 2. The molecule has 1 aromatic carbocycles. The van der Waals surface area contributed by atoms with Gasteiger partial charge in [0.05, 0.1) is 12.0 Å². The van der Waals surface area contributed by atoms with Crippen LogP contribution in [0.4, 0.5) is 9.18 Å². The van der Waals surface area contributed by atoms with Gasteiger partial charge in [-0.15, -0.1) is 0 Å². The number of amides is 2. The van der Waals surface area contributed by atoms with Crippen molar-refractivity contribution in [1.29, 1.82) is 0 Å². The molecule has 0 spiro atoms. The van der Waals surface area contributed by atoms with Crippen molar-refractivity contribution < 1.29 is 19.1 Å². The molecule has 1 aromatic rings. The zero-order valence-corrected chi connectivity index (χ0v) is 15.9. The summed E-state index contributed by atoms with van der Waals surface area (Å²) in [7, 11) is 0. The normalized spacial score (nSPS) is 21.9. The SMILES string of the molecule is O=C(O)C1CCCN(C(=O)NCC(c2c(F)cccc2Cl)N2CCCC2)C1. The van der Waals surface area contributed by atoms with E-state index in [1.165, 1.54) is 11.0 Å². The molecular formula is C19H25ClFN3O3. The number of hydrogen-bond donors (Lipinski definition) is 2. The summed E-state index contributed by atoms with van der Waals surface area (Å²) < 4.78 is 14.5. The summed E-state index contributed by atoms with van der Waals surface area (Å²) in [6.45, 7) is 2.63. The topological polar surface area (TPSA) is 72.9 Å². The molecular weight excluding hydrogens is 373 g/mol. The number of nitrogens with one attached hydrogen (secondary N) is 1. The number of halogens is 2. The fourth-order valence-corrected chi connectivity index (χ4v) is 4.24. The Kier molecular flexibility index (Phi) is 6.55. The second-order valence-corrected chi connectivity index (χ2v) is 7.61. The number of benzene rings is 1. The molecule has 27 heavy (non-hydrogen) atoms. The summed E-state index contributed by atoms with van der Waals surface area (Å²) in [5.41, 5.74) is 0.406. The zero-order valence-electron chi connectivity index (χ0n) is 15.2. The lowest BCUT2D eigenvalue weighted by molar-refractivity contribution is -0.143. The quantitative estimate of drug-likeness (QED) is 0.800. The smallest absolute Gasteiger partial charge is 0.317 e. The third-order valence-corrected chi connectivity index (χ3v) is 5.75. The Morgan fingerprint density at radius 3 is 2.67 bits per heavy atom. The number of aliphatic carboxylic acids is 1. The van der Waals surface area contributed by atoms with E-state index < -0.39 is 11.9 Å². The Bertz CT molecular complexity index is 677. The minimum Gasteiger partial charge on any atom is -0.481 e. The highest BCUT2D eigenvalue weighted by atomic mass is 35.5. The van der Waals surface area contributed by atoms with E-state index in [2.05, 4.69) is 10.2 Å². The van der Waals surface area contributed by atoms with Crippen LogP contribution >= 0.6 is 11.6 Å². The molecule has 0 aliphatic carbocycles. The van der Waals surface area contributed by atoms with Crippen LogP contribution in [0.3, 0.4) is 0 Å². The minimum absolute atomic E-state index is 0.204. The summed E-state index contributed by atoms with van der Waals surface area (Å²) in [5.74, 6) is -1.78. The Morgan fingerprint density at radius 1 is 1.26 bits per heavy atom. The van der Waals surface area contributed by atoms with Crippen molar-refractivity contribution in [3.8, 4) is 0 Å². The Labute approximate surface area is 163 Å². The van der Waals surface area contributed by atoms with Crippen molar-refractivity contribution in [2.45, 2.75) is 31.7 Å². The molecule has 2 fully saturated rings. The van der Waals surface area contributed by atoms with Gasteiger partial charge in [-0.2, -0.15) is 0 Å². The molecule has 2 atom stereocenters. The standard InChI is InChI=1S/C19H25ClFN3O3/c20-14-6-3-7-15(21)17(14)16(23-8-1-2-9-23)11-22-19(27)24-10-4-5-13(12-24)18(25)26/h3,6-7,13,16H,1-2,4-5,8-12H2,(H,22,27)(H,25,26). The number of rotatable bonds is 5. The molecule has 0 radical (unpaired) electrons. The van der Waals surface area contributed by atoms with E-state index in [0.29, 0.717) is 30.0 Å². The van der Waals surface area contributed by atoms with Gasteiger partial charge in [0.2, 0.25) is 0 Å². The first-order chi connectivity index (χ1) is 13.0. The van der Waals surface area contributed by atoms with Gasteiger partial charge in [-0.3, -0.25) is 9.69 Å². The molecule has 2 amide bonds. The molecule has 2 aliphatic rings. The molecule has 0 bridgehead atoms. The first kappa shape index (κ1) is 19.9. The van der Waals surface area contributed by atoms with Gasteiger partial charge in [0.15, 0.2) is 0 Å². The van der Waals surface area contributed by atoms with Crippen LogP contribution in [0.25, 0.3) is 0 Å². The van der Waals surface area contributed by atoms with E-state index in [0.717, 1.165) is 25.9 Å². The van der Waals surface area contributed by atoms with Gasteiger partial charge in [0.1, 0.15) is 5.82 Å². The highest BCUT2D eigenvalue weighted by molar-refractivity contribution is 6.31. The summed E-state index contributed by atoms with van der Waals surface area (Å²) in [6.07, 6.45) is 3.31. The molecule has 2 aliphatic heterocycles. The fourth-order valence-electron chi connectivity index (χ4n) is 3.96. The summed E-state index contributed by atoms with van der Waals surface area (Å²) in [6, 6.07) is 3.96. The largest absolute Gasteiger partial charge is 0.481 e. The molecule has 8 heteroatoms. The van der Waals surface area contributed by atoms with Crippen molar-refractivity contribution in [3.05, 3.63) is 34.6 Å². The summed E-state index contributed by atoms with van der Waals surface area (Å²) >= 11 is 6.27. The van der Waals surface area contributed by atoms with Crippen LogP contribution < -0.4 is 5.32 Å². The van der Waals surface area contributed by atoms with Gasteiger partial charge in [-0.1, -0.05) is 17.7 Å². The Balaban J connectivity index is 1.69. The summed E-state index contributed by atoms with van der Waals surface area (Å²) in [4.78, 5) is 27.4. The van der Waals surface area contributed by atoms with Gasteiger partial charge in [-0.05, 0) is 50.9 Å². The number of carbonyl (C=O) groups excluding carboxylic acids is 1. The van der Waals surface area contributed by atoms with Crippen molar-refractivity contribution in [2.75, 3.05) is 32.7 Å². The molecule has 3 rings (SSSR count). The van der Waals surface area contributed by atoms with Crippen molar-refractivity contribution in [1.82, 2.24) is 15.1 Å². The van der Waals surface area contributed by atoms with Crippen LogP contribution in [0, 0.1) is 11.7 Å². The monoisotopic (exact) mass is 397 g/mol. The molecule has 0 saturated carbocycles. The van der Waals surface area contributed by atoms with E-state index in [-0.39, 0.29) is 31.0 Å². The molecule has 2 heterocycles. The maximum Gasteiger partial charge on any atom is 0.317 e. The van der Waals surface area contributed by atoms with Gasteiger partial charge in [0.25, 0.3) is 0 Å². The molecule has 2 unspecified atom stereocenters. The first-order valence-electron chi connectivity index (χ1n) is 9.41. The van der Waals surface area contributed by atoms with E-state index >= 15 is 0 Å². The van der Waals surface area contributed by atoms with Crippen molar-refractivity contribution in [3.63, 3.8) is 0 Å². The molecule has 2 saturated heterocycles. The summed E-state index contributed by atoms with van der Waals surface area (Å²) in [5, 5.41) is 12.4. The number of nitrogens with zero attached hydrogens (tertiary/aromatic N) is 2. The first-order valence-corrected chi connectivity index (χ1v) is 9.78. The highest BCUT2D eigenvalue weighted by Crippen LogP contribution is 2.32. The average Bonchev–Trinajstić information content (AvgIpc) is 3.18. The lowest BCUT2D eigenvalue weighted by atomic mass is 9.99. The average molecular weight is 398 g/mol. The Hall–Kier alpha value is -1.86. The highest BCUT2D eigenvalue weighted by Gasteiger charge is 2.31. The van der Waals surface area contributed by atoms with Gasteiger partial charge in [0, 0.05) is 30.2 Å². The third-order valence-electron chi connectivity index (χ3n) is 5.42. The van der Waals surface area contributed by atoms with Gasteiger partial charge in [-0.25, -0.2) is 9.18 Å². The van der Waals surface area contributed by atoms with E-state index in [4.69, 9.17) is 11.6 Å². The van der Waals surface area contributed by atoms with Crippen LogP contribution in [0.2, 0.25) is 5.02 Å². The fraction of sp³-hybridized carbons (Fsp3) is 0.579. The number of hydrogen-bond acceptors (Lipinski definition) is 3. The number of urea groups is 1. The molecule has 6 nitrogen and oxygen atoms in total. The third kappa shape index (κ3) is 4.71. The zero-order chi connectivity index (χ0) is 19.4. The lowest BCUT2D eigenvalue weighted by Crippen LogP contribution is -2.48. The number of piperidine rings is 1. The molecule has 2 N–H and O–H groups in total. The van der Waals surface area contributed by atoms with Crippen molar-refractivity contribution >= 4 is 23.6 Å². The van der Waals surface area contributed by atoms with Crippen LogP contribution in [-0.4, -0.2) is 59.6 Å². The minimum atomic E-state index is -0.874. The number of carbonyl (C=O) groups is 2. The molecule has 0 aromatic heterocycles. The molecule has 148 valence electrons. The predicted molar refractivity (Wildman–Crippen MR) is 100 cm³/mol. The predicted octanol–water partition coefficient (Wildman–Crippen LogP) is 3.12. The van der Waals surface area contributed by atoms with Crippen LogP contribution in [0.1, 0.15) is 37.3 Å². The lowest BCUT2D eigenvalue weighted by Gasteiger charge is -2.33. The van der Waals surface area contributed by atoms with Crippen LogP contribution in [0.15, 0.2) is 18.2 Å². The van der Waals surface area contributed by atoms with E-state index in [1.54, 1.807) is 12.1 Å². The van der Waals surface area contributed by atoms with Crippen LogP contribution in [-0.2, 0) is 4.79 Å². The Morgan fingerprint density at radius 2 is 2.00 bits per heavy atom.